The van der Waals surface area contributed by atoms with E-state index in [0.717, 1.165) is 12.8 Å². The van der Waals surface area contributed by atoms with Crippen LogP contribution in [0.15, 0.2) is 24.8 Å². The maximum atomic E-state index is 11.6. The summed E-state index contributed by atoms with van der Waals surface area (Å²) in [5.74, 6) is 0.187. The Kier molecular flexibility index (Phi) is 5.81. The van der Waals surface area contributed by atoms with E-state index < -0.39 is 4.92 Å². The molecular weight excluding hydrogens is 328 g/mol. The fourth-order valence-corrected chi connectivity index (χ4v) is 3.27. The van der Waals surface area contributed by atoms with Gasteiger partial charge in [-0.2, -0.15) is 0 Å². The lowest BCUT2D eigenvalue weighted by Gasteiger charge is -2.10. The average molecular weight is 348 g/mol. The third-order valence-electron chi connectivity index (χ3n) is 3.53. The van der Waals surface area contributed by atoms with E-state index in [-0.39, 0.29) is 17.2 Å². The van der Waals surface area contributed by atoms with E-state index in [4.69, 9.17) is 4.74 Å². The largest absolute Gasteiger partial charge is 0.506 e. The molecule has 0 atom stereocenters. The van der Waals surface area contributed by atoms with Crippen molar-refractivity contribution in [2.75, 3.05) is 19.0 Å². The summed E-state index contributed by atoms with van der Waals surface area (Å²) in [5.41, 5.74) is 0.569. The van der Waals surface area contributed by atoms with Crippen LogP contribution < -0.4 is 10.1 Å². The Balaban J connectivity index is 2.62. The molecule has 0 saturated heterocycles. The van der Waals surface area contributed by atoms with Gasteiger partial charge >= 0.3 is 5.69 Å². The van der Waals surface area contributed by atoms with Crippen LogP contribution in [0.2, 0.25) is 0 Å². The summed E-state index contributed by atoms with van der Waals surface area (Å²) in [6.45, 7) is 6.09. The maximum absolute atomic E-state index is 11.6. The smallest absolute Gasteiger partial charge is 0.318 e. The number of hydrogen-bond acceptors (Lipinski definition) is 6. The highest BCUT2D eigenvalue weighted by molar-refractivity contribution is 7.18. The van der Waals surface area contributed by atoms with E-state index in [0.29, 0.717) is 27.6 Å². The van der Waals surface area contributed by atoms with E-state index in [1.54, 1.807) is 25.2 Å². The molecule has 128 valence electrons. The monoisotopic (exact) mass is 348 g/mol. The van der Waals surface area contributed by atoms with Crippen LogP contribution in [0.4, 0.5) is 10.7 Å². The number of nitro benzene ring substituents is 1. The van der Waals surface area contributed by atoms with E-state index >= 15 is 0 Å². The van der Waals surface area contributed by atoms with Crippen LogP contribution in [-0.2, 0) is 0 Å². The number of aromatic hydroxyl groups is 1. The first-order chi connectivity index (χ1) is 11.5. The molecule has 6 nitrogen and oxygen atoms in total. The SMILES string of the molecule is C=Cc1sc(NC)c(-c2cccc(OCCCC)c2[N+](=O)[O-])c1O. The number of nitro groups is 1. The molecule has 0 aliphatic heterocycles. The lowest BCUT2D eigenvalue weighted by atomic mass is 10.0. The number of benzene rings is 1. The number of nitrogens with one attached hydrogen (secondary N) is 1. The van der Waals surface area contributed by atoms with E-state index in [9.17, 15) is 15.2 Å². The number of hydrogen-bond donors (Lipinski definition) is 2. The molecule has 0 bridgehead atoms. The highest BCUT2D eigenvalue weighted by atomic mass is 32.1. The third kappa shape index (κ3) is 3.35. The average Bonchev–Trinajstić information content (AvgIpc) is 2.90. The normalized spacial score (nSPS) is 10.4. The van der Waals surface area contributed by atoms with Crippen LogP contribution in [0.5, 0.6) is 11.5 Å². The molecule has 0 fully saturated rings. The minimum atomic E-state index is -0.471. The van der Waals surface area contributed by atoms with Gasteiger partial charge in [-0.25, -0.2) is 0 Å². The van der Waals surface area contributed by atoms with Crippen LogP contribution in [-0.4, -0.2) is 23.7 Å². The molecule has 0 unspecified atom stereocenters. The van der Waals surface area contributed by atoms with Crippen molar-refractivity contribution in [3.05, 3.63) is 39.8 Å². The Morgan fingerprint density at radius 2 is 2.25 bits per heavy atom. The summed E-state index contributed by atoms with van der Waals surface area (Å²) >= 11 is 1.29. The summed E-state index contributed by atoms with van der Waals surface area (Å²) in [6, 6.07) is 4.88. The lowest BCUT2D eigenvalue weighted by Crippen LogP contribution is -2.02. The number of para-hydroxylation sites is 1. The molecule has 2 aromatic rings. The second-order valence-electron chi connectivity index (χ2n) is 5.08. The van der Waals surface area contributed by atoms with Gasteiger partial charge in [0.15, 0.2) is 5.75 Å². The molecule has 0 spiro atoms. The van der Waals surface area contributed by atoms with E-state index in [1.807, 2.05) is 6.92 Å². The Morgan fingerprint density at radius 3 is 2.83 bits per heavy atom. The van der Waals surface area contributed by atoms with Gasteiger partial charge in [0.1, 0.15) is 10.8 Å². The second kappa shape index (κ2) is 7.83. The predicted molar refractivity (Wildman–Crippen MR) is 98.1 cm³/mol. The van der Waals surface area contributed by atoms with Gasteiger partial charge < -0.3 is 15.2 Å². The number of ether oxygens (including phenoxy) is 1. The van der Waals surface area contributed by atoms with Gasteiger partial charge in [0.2, 0.25) is 0 Å². The van der Waals surface area contributed by atoms with Crippen molar-refractivity contribution in [2.24, 2.45) is 0 Å². The molecule has 24 heavy (non-hydrogen) atoms. The Morgan fingerprint density at radius 1 is 1.50 bits per heavy atom. The van der Waals surface area contributed by atoms with Crippen molar-refractivity contribution < 1.29 is 14.8 Å². The predicted octanol–water partition coefficient (Wildman–Crippen LogP) is 4.89. The highest BCUT2D eigenvalue weighted by Gasteiger charge is 2.28. The fourth-order valence-electron chi connectivity index (χ4n) is 2.36. The molecule has 0 radical (unpaired) electrons. The fraction of sp³-hybridized carbons (Fsp3) is 0.294. The molecule has 7 heteroatoms. The Labute approximate surface area is 144 Å². The van der Waals surface area contributed by atoms with Crippen LogP contribution in [0, 0.1) is 10.1 Å². The number of anilines is 1. The zero-order valence-electron chi connectivity index (χ0n) is 13.7. The van der Waals surface area contributed by atoms with Crippen molar-refractivity contribution in [3.63, 3.8) is 0 Å². The van der Waals surface area contributed by atoms with Crippen LogP contribution in [0.1, 0.15) is 24.6 Å². The van der Waals surface area contributed by atoms with E-state index in [1.165, 1.54) is 17.4 Å². The quantitative estimate of drug-likeness (QED) is 0.403. The van der Waals surface area contributed by atoms with E-state index in [2.05, 4.69) is 11.9 Å². The van der Waals surface area contributed by atoms with Crippen molar-refractivity contribution in [3.8, 4) is 22.6 Å². The van der Waals surface area contributed by atoms with Gasteiger partial charge in [-0.05, 0) is 24.6 Å². The first-order valence-electron chi connectivity index (χ1n) is 7.61. The number of thiophene rings is 1. The molecular formula is C17H20N2O4S. The summed E-state index contributed by atoms with van der Waals surface area (Å²) in [5, 5.41) is 25.7. The molecule has 0 aliphatic rings. The highest BCUT2D eigenvalue weighted by Crippen LogP contribution is 2.50. The third-order valence-corrected chi connectivity index (χ3v) is 4.72. The first-order valence-corrected chi connectivity index (χ1v) is 8.43. The summed E-state index contributed by atoms with van der Waals surface area (Å²) in [7, 11) is 1.70. The summed E-state index contributed by atoms with van der Waals surface area (Å²) in [4.78, 5) is 11.7. The topological polar surface area (TPSA) is 84.6 Å². The maximum Gasteiger partial charge on any atom is 0.318 e. The van der Waals surface area contributed by atoms with Crippen molar-refractivity contribution in [1.82, 2.24) is 0 Å². The van der Waals surface area contributed by atoms with Crippen molar-refractivity contribution in [1.29, 1.82) is 0 Å². The molecule has 1 aromatic heterocycles. The van der Waals surface area contributed by atoms with Crippen molar-refractivity contribution >= 4 is 28.1 Å². The van der Waals surface area contributed by atoms with Crippen LogP contribution in [0.3, 0.4) is 0 Å². The molecule has 2 N–H and O–H groups in total. The van der Waals surface area contributed by atoms with Gasteiger partial charge in [-0.3, -0.25) is 10.1 Å². The zero-order chi connectivity index (χ0) is 17.7. The van der Waals surface area contributed by atoms with Crippen LogP contribution >= 0.6 is 11.3 Å². The molecule has 1 heterocycles. The minimum Gasteiger partial charge on any atom is -0.506 e. The lowest BCUT2D eigenvalue weighted by molar-refractivity contribution is -0.385. The van der Waals surface area contributed by atoms with Gasteiger partial charge in [-0.1, -0.05) is 26.0 Å². The van der Waals surface area contributed by atoms with Gasteiger partial charge in [-0.15, -0.1) is 11.3 Å². The second-order valence-corrected chi connectivity index (χ2v) is 6.14. The molecule has 2 rings (SSSR count). The molecule has 1 aromatic carbocycles. The Hall–Kier alpha value is -2.54. The standard InChI is InChI=1S/C17H20N2O4S/c1-4-6-10-23-12-9-7-8-11(15(12)19(21)22)14-16(20)13(5-2)24-17(14)18-3/h5,7-9,18,20H,2,4,6,10H2,1,3H3. The summed E-state index contributed by atoms with van der Waals surface area (Å²) in [6.07, 6.45) is 3.27. The molecule has 0 saturated carbocycles. The number of nitrogens with zero attached hydrogens (tertiary/aromatic N) is 1. The minimum absolute atomic E-state index is 0.0202. The molecule has 0 aliphatic carbocycles. The van der Waals surface area contributed by atoms with Gasteiger partial charge in [0, 0.05) is 7.05 Å². The number of rotatable bonds is 8. The van der Waals surface area contributed by atoms with Gasteiger partial charge in [0.25, 0.3) is 0 Å². The van der Waals surface area contributed by atoms with Crippen molar-refractivity contribution in [2.45, 2.75) is 19.8 Å². The van der Waals surface area contributed by atoms with Crippen LogP contribution in [0.25, 0.3) is 17.2 Å². The molecule has 0 amide bonds. The zero-order valence-corrected chi connectivity index (χ0v) is 14.5. The Bertz CT molecular complexity index is 755. The summed E-state index contributed by atoms with van der Waals surface area (Å²) < 4.78 is 5.59. The number of unbranched alkanes of at least 4 members (excludes halogenated alkanes) is 1. The van der Waals surface area contributed by atoms with Gasteiger partial charge in [0.05, 0.1) is 27.5 Å². The first kappa shape index (κ1) is 17.8.